The number of allylic oxidation sites excluding steroid dienone is 12. The summed E-state index contributed by atoms with van der Waals surface area (Å²) in [7, 11) is -4.40. The molecule has 0 aliphatic heterocycles. The van der Waals surface area contributed by atoms with Crippen molar-refractivity contribution in [3.63, 3.8) is 0 Å². The van der Waals surface area contributed by atoms with Gasteiger partial charge in [0.1, 0.15) is 6.61 Å². The molecular formula is C77H142NO8P. The van der Waals surface area contributed by atoms with Crippen LogP contribution in [0.15, 0.2) is 72.9 Å². The van der Waals surface area contributed by atoms with Crippen LogP contribution in [0.5, 0.6) is 0 Å². The van der Waals surface area contributed by atoms with Crippen LogP contribution in [0.2, 0.25) is 0 Å². The Hall–Kier alpha value is -2.55. The fourth-order valence-corrected chi connectivity index (χ4v) is 11.8. The molecule has 87 heavy (non-hydrogen) atoms. The van der Waals surface area contributed by atoms with Crippen LogP contribution in [0.25, 0.3) is 0 Å². The standard InChI is InChI=1S/C77H142NO8P/c1-3-5-7-9-11-13-15-17-19-21-23-25-27-29-31-32-33-34-35-36-37-38-39-40-41-42-44-46-48-50-52-54-56-58-60-62-64-66-68-70-77(80)86-75(74-85-87(81,82)84-72-71-78)73-83-76(79)69-67-65-63-61-59-57-55-53-51-49-47-45-43-30-28-26-24-22-20-18-16-14-12-10-8-6-4-2/h15-18,21-24,27-30,75H,3-14,19-20,25-26,31-74,78H2,1-2H3,(H,81,82)/b17-15-,18-16-,23-21-,24-22-,29-27-,30-28-. The van der Waals surface area contributed by atoms with E-state index in [2.05, 4.69) is 86.8 Å². The van der Waals surface area contributed by atoms with E-state index in [1.54, 1.807) is 0 Å². The second kappa shape index (κ2) is 72.5. The monoisotopic (exact) mass is 1240 g/mol. The van der Waals surface area contributed by atoms with E-state index in [4.69, 9.17) is 24.3 Å². The van der Waals surface area contributed by atoms with Gasteiger partial charge in [-0.2, -0.15) is 0 Å². The summed E-state index contributed by atoms with van der Waals surface area (Å²) in [5.74, 6) is -0.814. The van der Waals surface area contributed by atoms with E-state index in [1.807, 2.05) is 0 Å². The average molecular weight is 1240 g/mol. The molecule has 0 spiro atoms. The lowest BCUT2D eigenvalue weighted by Gasteiger charge is -2.19. The number of carbonyl (C=O) groups excluding carboxylic acids is 2. The smallest absolute Gasteiger partial charge is 0.462 e. The largest absolute Gasteiger partial charge is 0.472 e. The van der Waals surface area contributed by atoms with Gasteiger partial charge < -0.3 is 20.1 Å². The van der Waals surface area contributed by atoms with E-state index in [1.165, 1.54) is 283 Å². The summed E-state index contributed by atoms with van der Waals surface area (Å²) in [6.45, 7) is 3.77. The molecule has 0 saturated heterocycles. The third kappa shape index (κ3) is 72.4. The van der Waals surface area contributed by atoms with Crippen LogP contribution in [0.4, 0.5) is 0 Å². The van der Waals surface area contributed by atoms with Crippen LogP contribution < -0.4 is 5.73 Å². The molecule has 0 heterocycles. The van der Waals surface area contributed by atoms with E-state index < -0.39 is 26.5 Å². The molecule has 0 aromatic heterocycles. The van der Waals surface area contributed by atoms with Crippen LogP contribution >= 0.6 is 7.82 Å². The molecule has 0 saturated carbocycles. The van der Waals surface area contributed by atoms with Gasteiger partial charge in [-0.05, 0) is 89.9 Å². The number of phosphoric ester groups is 1. The zero-order valence-corrected chi connectivity index (χ0v) is 58.2. The number of hydrogen-bond donors (Lipinski definition) is 2. The first-order valence-electron chi connectivity index (χ1n) is 37.4. The fraction of sp³-hybridized carbons (Fsp3) is 0.818. The number of ether oxygens (including phenoxy) is 2. The molecule has 0 aromatic rings. The Morgan fingerprint density at radius 3 is 0.885 bits per heavy atom. The Morgan fingerprint density at radius 2 is 0.598 bits per heavy atom. The molecule has 0 fully saturated rings. The van der Waals surface area contributed by atoms with Gasteiger partial charge in [-0.25, -0.2) is 4.57 Å². The normalized spacial score (nSPS) is 13.3. The Morgan fingerprint density at radius 1 is 0.345 bits per heavy atom. The molecular weight excluding hydrogens is 1100 g/mol. The van der Waals surface area contributed by atoms with Gasteiger partial charge in [0, 0.05) is 19.4 Å². The van der Waals surface area contributed by atoms with Crippen molar-refractivity contribution in [1.82, 2.24) is 0 Å². The number of rotatable bonds is 71. The topological polar surface area (TPSA) is 134 Å². The minimum atomic E-state index is -4.40. The molecule has 2 unspecified atom stereocenters. The fourth-order valence-electron chi connectivity index (χ4n) is 11.0. The maximum atomic E-state index is 12.8. The number of unbranched alkanes of at least 4 members (excludes halogenated alkanes) is 46. The highest BCUT2D eigenvalue weighted by atomic mass is 31.2. The van der Waals surface area contributed by atoms with Crippen molar-refractivity contribution < 1.29 is 37.6 Å². The van der Waals surface area contributed by atoms with Gasteiger partial charge in [0.2, 0.25) is 0 Å². The van der Waals surface area contributed by atoms with E-state index in [0.717, 1.165) is 57.8 Å². The Kier molecular flexibility index (Phi) is 70.4. The first kappa shape index (κ1) is 84.5. The summed E-state index contributed by atoms with van der Waals surface area (Å²) < 4.78 is 33.2. The molecule has 0 aliphatic rings. The predicted molar refractivity (Wildman–Crippen MR) is 376 cm³/mol. The van der Waals surface area contributed by atoms with E-state index in [9.17, 15) is 19.0 Å². The summed E-state index contributed by atoms with van der Waals surface area (Å²) in [5, 5.41) is 0. The van der Waals surface area contributed by atoms with Gasteiger partial charge in [0.25, 0.3) is 0 Å². The molecule has 3 N–H and O–H groups in total. The van der Waals surface area contributed by atoms with Crippen molar-refractivity contribution in [1.29, 1.82) is 0 Å². The Bertz CT molecular complexity index is 1660. The van der Waals surface area contributed by atoms with Crippen molar-refractivity contribution >= 4 is 19.8 Å². The second-order valence-corrected chi connectivity index (χ2v) is 26.6. The van der Waals surface area contributed by atoms with Crippen molar-refractivity contribution in [2.24, 2.45) is 5.73 Å². The zero-order chi connectivity index (χ0) is 63.0. The molecule has 0 rings (SSSR count). The molecule has 2 atom stereocenters. The summed E-state index contributed by atoms with van der Waals surface area (Å²) in [6, 6.07) is 0. The molecule has 9 nitrogen and oxygen atoms in total. The van der Waals surface area contributed by atoms with E-state index >= 15 is 0 Å². The molecule has 0 bridgehead atoms. The number of nitrogens with two attached hydrogens (primary N) is 1. The number of esters is 2. The minimum Gasteiger partial charge on any atom is -0.462 e. The summed E-state index contributed by atoms with van der Waals surface area (Å²) in [4.78, 5) is 35.4. The average Bonchev–Trinajstić information content (AvgIpc) is 3.64. The minimum absolute atomic E-state index is 0.0532. The van der Waals surface area contributed by atoms with E-state index in [0.29, 0.717) is 6.42 Å². The lowest BCUT2D eigenvalue weighted by molar-refractivity contribution is -0.161. The summed E-state index contributed by atoms with van der Waals surface area (Å²) in [6.07, 6.45) is 95.9. The quantitative estimate of drug-likeness (QED) is 0.0264. The van der Waals surface area contributed by atoms with Crippen LogP contribution in [-0.2, 0) is 32.7 Å². The molecule has 0 radical (unpaired) electrons. The van der Waals surface area contributed by atoms with Crippen molar-refractivity contribution in [3.05, 3.63) is 72.9 Å². The van der Waals surface area contributed by atoms with Crippen LogP contribution in [0.3, 0.4) is 0 Å². The highest BCUT2D eigenvalue weighted by Gasteiger charge is 2.26. The summed E-state index contributed by atoms with van der Waals surface area (Å²) >= 11 is 0. The van der Waals surface area contributed by atoms with Crippen molar-refractivity contribution in [3.8, 4) is 0 Å². The molecule has 0 aromatic carbocycles. The molecule has 10 heteroatoms. The van der Waals surface area contributed by atoms with Crippen LogP contribution in [0.1, 0.15) is 373 Å². The second-order valence-electron chi connectivity index (χ2n) is 25.2. The van der Waals surface area contributed by atoms with Crippen LogP contribution in [0, 0.1) is 0 Å². The Balaban J connectivity index is 3.80. The Labute approximate surface area is 539 Å². The molecule has 0 amide bonds. The highest BCUT2D eigenvalue weighted by molar-refractivity contribution is 7.47. The lowest BCUT2D eigenvalue weighted by Crippen LogP contribution is -2.29. The number of phosphoric acid groups is 1. The van der Waals surface area contributed by atoms with Gasteiger partial charge in [0.05, 0.1) is 13.2 Å². The van der Waals surface area contributed by atoms with Crippen molar-refractivity contribution in [2.75, 3.05) is 26.4 Å². The van der Waals surface area contributed by atoms with E-state index in [-0.39, 0.29) is 38.6 Å². The third-order valence-corrected chi connectivity index (χ3v) is 17.5. The highest BCUT2D eigenvalue weighted by Crippen LogP contribution is 2.43. The third-order valence-electron chi connectivity index (χ3n) is 16.6. The van der Waals surface area contributed by atoms with Gasteiger partial charge >= 0.3 is 19.8 Å². The molecule has 508 valence electrons. The van der Waals surface area contributed by atoms with Gasteiger partial charge in [-0.1, -0.05) is 344 Å². The number of carbonyl (C=O) groups is 2. The first-order chi connectivity index (χ1) is 42.8. The van der Waals surface area contributed by atoms with Gasteiger partial charge in [0.15, 0.2) is 6.10 Å². The van der Waals surface area contributed by atoms with Gasteiger partial charge in [-0.15, -0.1) is 0 Å². The predicted octanol–water partition coefficient (Wildman–Crippen LogP) is 24.8. The summed E-state index contributed by atoms with van der Waals surface area (Å²) in [5.41, 5.74) is 5.41. The number of hydrogen-bond acceptors (Lipinski definition) is 8. The molecule has 0 aliphatic carbocycles. The SMILES string of the molecule is CCCCCCC/C=C\C/C=C\C/C=C\CCCCCCCCCCCCCCCCCCCCCCCCCCC(=O)OC(COC(=O)CCCCCCCCCCCCCC/C=C\C/C=C\C/C=C\CCCCCCC)COP(=O)(O)OCCN. The maximum absolute atomic E-state index is 12.8. The van der Waals surface area contributed by atoms with Crippen LogP contribution in [-0.4, -0.2) is 49.3 Å². The van der Waals surface area contributed by atoms with Gasteiger partial charge in [-0.3, -0.25) is 18.6 Å². The first-order valence-corrected chi connectivity index (χ1v) is 38.9. The lowest BCUT2D eigenvalue weighted by atomic mass is 10.0. The van der Waals surface area contributed by atoms with Crippen molar-refractivity contribution in [2.45, 2.75) is 380 Å². The maximum Gasteiger partial charge on any atom is 0.472 e. The zero-order valence-electron chi connectivity index (χ0n) is 57.3.